The lowest BCUT2D eigenvalue weighted by atomic mass is 10.1. The molecular weight excluding hydrogens is 217 g/mol. The summed E-state index contributed by atoms with van der Waals surface area (Å²) in [7, 11) is 0. The van der Waals surface area contributed by atoms with E-state index in [0.717, 1.165) is 12.8 Å². The molecule has 0 saturated heterocycles. The van der Waals surface area contributed by atoms with Crippen LogP contribution >= 0.6 is 0 Å². The van der Waals surface area contributed by atoms with Gasteiger partial charge >= 0.3 is 0 Å². The number of unbranched alkanes of at least 4 members (excludes halogenated alkanes) is 2. The van der Waals surface area contributed by atoms with Gasteiger partial charge in [0.2, 0.25) is 0 Å². The zero-order valence-electron chi connectivity index (χ0n) is 10.5. The molecule has 0 heterocycles. The molecule has 1 aromatic carbocycles. The van der Waals surface area contributed by atoms with Crippen molar-refractivity contribution in [3.63, 3.8) is 0 Å². The molecule has 0 aliphatic heterocycles. The summed E-state index contributed by atoms with van der Waals surface area (Å²) in [5, 5.41) is 2.91. The van der Waals surface area contributed by atoms with Crippen molar-refractivity contribution in [2.75, 3.05) is 0 Å². The Morgan fingerprint density at radius 3 is 2.53 bits per heavy atom. The molecule has 0 bridgehead atoms. The number of carbonyl (C=O) groups is 1. The highest BCUT2D eigenvalue weighted by Gasteiger charge is 2.09. The van der Waals surface area contributed by atoms with Gasteiger partial charge in [0.25, 0.3) is 5.91 Å². The summed E-state index contributed by atoms with van der Waals surface area (Å²) in [5.41, 5.74) is 0.508. The molecular formula is C14H20FNO. The number of amides is 1. The van der Waals surface area contributed by atoms with Gasteiger partial charge in [-0.15, -0.1) is 0 Å². The van der Waals surface area contributed by atoms with Crippen LogP contribution in [0, 0.1) is 5.82 Å². The molecule has 94 valence electrons. The highest BCUT2D eigenvalue weighted by Crippen LogP contribution is 2.06. The summed E-state index contributed by atoms with van der Waals surface area (Å²) < 4.78 is 12.7. The van der Waals surface area contributed by atoms with Crippen LogP contribution in [-0.2, 0) is 0 Å². The van der Waals surface area contributed by atoms with Gasteiger partial charge in [0.05, 0.1) is 0 Å². The molecule has 0 fully saturated rings. The normalized spacial score (nSPS) is 12.2. The van der Waals surface area contributed by atoms with E-state index >= 15 is 0 Å². The number of benzene rings is 1. The quantitative estimate of drug-likeness (QED) is 0.753. The maximum absolute atomic E-state index is 12.7. The van der Waals surface area contributed by atoms with E-state index in [2.05, 4.69) is 12.2 Å². The fraction of sp³-hybridized carbons (Fsp3) is 0.500. The molecule has 3 heteroatoms. The molecule has 2 nitrogen and oxygen atoms in total. The molecule has 17 heavy (non-hydrogen) atoms. The van der Waals surface area contributed by atoms with E-state index in [0.29, 0.717) is 5.56 Å². The number of carbonyl (C=O) groups excluding carboxylic acids is 1. The summed E-state index contributed by atoms with van der Waals surface area (Å²) in [6.07, 6.45) is 4.48. The standard InChI is InChI=1S/C14H20FNO/c1-3-4-5-6-11(2)16-14(17)12-7-9-13(15)10-8-12/h7-11H,3-6H2,1-2H3,(H,16,17). The topological polar surface area (TPSA) is 29.1 Å². The summed E-state index contributed by atoms with van der Waals surface area (Å²) in [4.78, 5) is 11.8. The lowest BCUT2D eigenvalue weighted by molar-refractivity contribution is 0.0938. The van der Waals surface area contributed by atoms with E-state index in [1.54, 1.807) is 0 Å². The molecule has 1 unspecified atom stereocenters. The Balaban J connectivity index is 2.40. The van der Waals surface area contributed by atoms with Crippen LogP contribution in [0.3, 0.4) is 0 Å². The molecule has 0 spiro atoms. The van der Waals surface area contributed by atoms with Crippen molar-refractivity contribution in [3.05, 3.63) is 35.6 Å². The molecule has 1 rings (SSSR count). The van der Waals surface area contributed by atoms with Crippen LogP contribution in [0.25, 0.3) is 0 Å². The third-order valence-corrected chi connectivity index (χ3v) is 2.72. The smallest absolute Gasteiger partial charge is 0.251 e. The van der Waals surface area contributed by atoms with Crippen molar-refractivity contribution < 1.29 is 9.18 Å². The Morgan fingerprint density at radius 2 is 1.94 bits per heavy atom. The van der Waals surface area contributed by atoms with E-state index in [1.165, 1.54) is 37.1 Å². The van der Waals surface area contributed by atoms with Crippen molar-refractivity contribution >= 4 is 5.91 Å². The summed E-state index contributed by atoms with van der Waals surface area (Å²) in [5.74, 6) is -0.452. The van der Waals surface area contributed by atoms with E-state index in [-0.39, 0.29) is 17.8 Å². The van der Waals surface area contributed by atoms with E-state index in [1.807, 2.05) is 6.92 Å². The molecule has 0 aromatic heterocycles. The zero-order chi connectivity index (χ0) is 12.7. The first-order valence-corrected chi connectivity index (χ1v) is 6.20. The number of nitrogens with one attached hydrogen (secondary N) is 1. The molecule has 0 radical (unpaired) electrons. The SMILES string of the molecule is CCCCCC(C)NC(=O)c1ccc(F)cc1. The predicted molar refractivity (Wildman–Crippen MR) is 67.5 cm³/mol. The Bertz CT molecular complexity index is 348. The van der Waals surface area contributed by atoms with Gasteiger partial charge in [-0.2, -0.15) is 0 Å². The van der Waals surface area contributed by atoms with E-state index in [9.17, 15) is 9.18 Å². The number of halogens is 1. The first kappa shape index (κ1) is 13.7. The van der Waals surface area contributed by atoms with Crippen molar-refractivity contribution in [2.45, 2.75) is 45.6 Å². The summed E-state index contributed by atoms with van der Waals surface area (Å²) in [6, 6.07) is 5.78. The van der Waals surface area contributed by atoms with Crippen LogP contribution < -0.4 is 5.32 Å². The number of hydrogen-bond acceptors (Lipinski definition) is 1. The minimum absolute atomic E-state index is 0.131. The maximum Gasteiger partial charge on any atom is 0.251 e. The van der Waals surface area contributed by atoms with Crippen LogP contribution in [0.1, 0.15) is 49.9 Å². The molecule has 1 atom stereocenters. The van der Waals surface area contributed by atoms with Crippen molar-refractivity contribution in [2.24, 2.45) is 0 Å². The largest absolute Gasteiger partial charge is 0.350 e. The van der Waals surface area contributed by atoms with Gasteiger partial charge in [0, 0.05) is 11.6 Å². The van der Waals surface area contributed by atoms with Crippen LogP contribution in [0.2, 0.25) is 0 Å². The summed E-state index contributed by atoms with van der Waals surface area (Å²) in [6.45, 7) is 4.15. The fourth-order valence-electron chi connectivity index (χ4n) is 1.68. The average Bonchev–Trinajstić information content (AvgIpc) is 2.30. The minimum atomic E-state index is -0.322. The van der Waals surface area contributed by atoms with Crippen molar-refractivity contribution in [1.82, 2.24) is 5.32 Å². The third-order valence-electron chi connectivity index (χ3n) is 2.72. The Kier molecular flexibility index (Phi) is 5.67. The second-order valence-corrected chi connectivity index (χ2v) is 4.38. The van der Waals surface area contributed by atoms with Crippen LogP contribution in [0.4, 0.5) is 4.39 Å². The monoisotopic (exact) mass is 237 g/mol. The Labute approximate surface area is 102 Å². The molecule has 1 amide bonds. The van der Waals surface area contributed by atoms with Gasteiger partial charge in [0.15, 0.2) is 0 Å². The Morgan fingerprint density at radius 1 is 1.29 bits per heavy atom. The van der Waals surface area contributed by atoms with Crippen molar-refractivity contribution in [3.8, 4) is 0 Å². The van der Waals surface area contributed by atoms with Crippen molar-refractivity contribution in [1.29, 1.82) is 0 Å². The van der Waals surface area contributed by atoms with Gasteiger partial charge in [-0.1, -0.05) is 26.2 Å². The third kappa shape index (κ3) is 4.98. The van der Waals surface area contributed by atoms with Gasteiger partial charge < -0.3 is 5.32 Å². The molecule has 0 aliphatic rings. The summed E-state index contributed by atoms with van der Waals surface area (Å²) >= 11 is 0. The number of hydrogen-bond donors (Lipinski definition) is 1. The van der Waals surface area contributed by atoms with Gasteiger partial charge in [-0.3, -0.25) is 4.79 Å². The van der Waals surface area contributed by atoms with Gasteiger partial charge in [0.1, 0.15) is 5.82 Å². The zero-order valence-corrected chi connectivity index (χ0v) is 10.5. The second kappa shape index (κ2) is 7.05. The minimum Gasteiger partial charge on any atom is -0.350 e. The number of rotatable bonds is 6. The lowest BCUT2D eigenvalue weighted by Gasteiger charge is -2.13. The first-order chi connectivity index (χ1) is 8.13. The molecule has 1 aromatic rings. The van der Waals surface area contributed by atoms with Crippen LogP contribution in [0.5, 0.6) is 0 Å². The average molecular weight is 237 g/mol. The molecule has 0 saturated carbocycles. The van der Waals surface area contributed by atoms with Gasteiger partial charge in [-0.25, -0.2) is 4.39 Å². The molecule has 0 aliphatic carbocycles. The van der Waals surface area contributed by atoms with E-state index < -0.39 is 0 Å². The van der Waals surface area contributed by atoms with Crippen LogP contribution in [0.15, 0.2) is 24.3 Å². The first-order valence-electron chi connectivity index (χ1n) is 6.20. The predicted octanol–water partition coefficient (Wildman–Crippen LogP) is 3.52. The van der Waals surface area contributed by atoms with Crippen LogP contribution in [-0.4, -0.2) is 11.9 Å². The molecule has 1 N–H and O–H groups in total. The van der Waals surface area contributed by atoms with Gasteiger partial charge in [-0.05, 0) is 37.6 Å². The second-order valence-electron chi connectivity index (χ2n) is 4.38. The Hall–Kier alpha value is -1.38. The highest BCUT2D eigenvalue weighted by molar-refractivity contribution is 5.94. The maximum atomic E-state index is 12.7. The highest BCUT2D eigenvalue weighted by atomic mass is 19.1. The van der Waals surface area contributed by atoms with E-state index in [4.69, 9.17) is 0 Å². The lowest BCUT2D eigenvalue weighted by Crippen LogP contribution is -2.32. The fourth-order valence-corrected chi connectivity index (χ4v) is 1.68.